The SMILES string of the molecule is CCC(N)(CC)Cc1ccc(OC(F)(F)F)cc1. The molecule has 0 spiro atoms. The van der Waals surface area contributed by atoms with E-state index in [2.05, 4.69) is 4.74 Å². The number of benzene rings is 1. The average molecular weight is 261 g/mol. The summed E-state index contributed by atoms with van der Waals surface area (Å²) in [4.78, 5) is 0. The van der Waals surface area contributed by atoms with E-state index < -0.39 is 6.36 Å². The third kappa shape index (κ3) is 4.56. The second kappa shape index (κ2) is 5.61. The zero-order valence-corrected chi connectivity index (χ0v) is 10.6. The summed E-state index contributed by atoms with van der Waals surface area (Å²) in [6.45, 7) is 4.01. The van der Waals surface area contributed by atoms with E-state index in [1.165, 1.54) is 12.1 Å². The summed E-state index contributed by atoms with van der Waals surface area (Å²) in [6, 6.07) is 5.87. The van der Waals surface area contributed by atoms with E-state index in [1.54, 1.807) is 12.1 Å². The molecule has 0 bridgehead atoms. The van der Waals surface area contributed by atoms with Gasteiger partial charge in [-0.15, -0.1) is 13.2 Å². The number of nitrogens with two attached hydrogens (primary N) is 1. The summed E-state index contributed by atoms with van der Waals surface area (Å²) in [7, 11) is 0. The molecular formula is C13H18F3NO. The van der Waals surface area contributed by atoms with Gasteiger partial charge in [-0.3, -0.25) is 0 Å². The third-order valence-electron chi connectivity index (χ3n) is 3.12. The number of hydrogen-bond acceptors (Lipinski definition) is 2. The first-order chi connectivity index (χ1) is 8.28. The molecule has 0 aliphatic rings. The number of alkyl halides is 3. The van der Waals surface area contributed by atoms with Gasteiger partial charge in [-0.1, -0.05) is 26.0 Å². The molecule has 0 heterocycles. The van der Waals surface area contributed by atoms with E-state index >= 15 is 0 Å². The lowest BCUT2D eigenvalue weighted by Gasteiger charge is -2.26. The monoisotopic (exact) mass is 261 g/mol. The highest BCUT2D eigenvalue weighted by molar-refractivity contribution is 5.28. The molecule has 0 radical (unpaired) electrons. The summed E-state index contributed by atoms with van der Waals surface area (Å²) in [5, 5.41) is 0. The van der Waals surface area contributed by atoms with Crippen molar-refractivity contribution in [3.05, 3.63) is 29.8 Å². The lowest BCUT2D eigenvalue weighted by Crippen LogP contribution is -2.40. The molecule has 5 heteroatoms. The molecule has 0 amide bonds. The minimum absolute atomic E-state index is 0.207. The summed E-state index contributed by atoms with van der Waals surface area (Å²) in [5.41, 5.74) is 6.77. The van der Waals surface area contributed by atoms with E-state index in [0.29, 0.717) is 6.42 Å². The Morgan fingerprint density at radius 3 is 1.94 bits per heavy atom. The fourth-order valence-corrected chi connectivity index (χ4v) is 1.72. The molecule has 1 aromatic rings. The van der Waals surface area contributed by atoms with Crippen LogP contribution in [0.3, 0.4) is 0 Å². The quantitative estimate of drug-likeness (QED) is 0.878. The first kappa shape index (κ1) is 14.8. The van der Waals surface area contributed by atoms with E-state index in [-0.39, 0.29) is 11.3 Å². The second-order valence-corrected chi connectivity index (χ2v) is 4.44. The fourth-order valence-electron chi connectivity index (χ4n) is 1.72. The van der Waals surface area contributed by atoms with Crippen LogP contribution in [0, 0.1) is 0 Å². The molecule has 2 N–H and O–H groups in total. The first-order valence-electron chi connectivity index (χ1n) is 5.91. The molecule has 0 aliphatic heterocycles. The summed E-state index contributed by atoms with van der Waals surface area (Å²) in [6.07, 6.45) is -2.35. The van der Waals surface area contributed by atoms with Gasteiger partial charge in [0, 0.05) is 5.54 Å². The lowest BCUT2D eigenvalue weighted by atomic mass is 9.87. The highest BCUT2D eigenvalue weighted by Gasteiger charge is 2.31. The Balaban J connectivity index is 2.71. The Labute approximate surface area is 105 Å². The Morgan fingerprint density at radius 1 is 1.06 bits per heavy atom. The smallest absolute Gasteiger partial charge is 0.406 e. The normalized spacial score (nSPS) is 12.6. The van der Waals surface area contributed by atoms with Gasteiger partial charge in [0.2, 0.25) is 0 Å². The molecule has 1 aromatic carbocycles. The predicted octanol–water partition coefficient (Wildman–Crippen LogP) is 3.65. The zero-order chi connectivity index (χ0) is 13.8. The average Bonchev–Trinajstić information content (AvgIpc) is 2.30. The molecule has 0 saturated carbocycles. The number of halogens is 3. The molecule has 0 atom stereocenters. The van der Waals surface area contributed by atoms with Gasteiger partial charge >= 0.3 is 6.36 Å². The topological polar surface area (TPSA) is 35.2 Å². The maximum absolute atomic E-state index is 12.0. The van der Waals surface area contributed by atoms with Gasteiger partial charge in [0.1, 0.15) is 5.75 Å². The molecular weight excluding hydrogens is 243 g/mol. The van der Waals surface area contributed by atoms with Crippen LogP contribution in [0.25, 0.3) is 0 Å². The fraction of sp³-hybridized carbons (Fsp3) is 0.538. The van der Waals surface area contributed by atoms with Gasteiger partial charge in [-0.25, -0.2) is 0 Å². The van der Waals surface area contributed by atoms with Crippen LogP contribution in [-0.4, -0.2) is 11.9 Å². The Bertz CT molecular complexity index is 369. The van der Waals surface area contributed by atoms with Crippen molar-refractivity contribution in [1.82, 2.24) is 0 Å². The summed E-state index contributed by atoms with van der Waals surface area (Å²) >= 11 is 0. The molecule has 0 aromatic heterocycles. The van der Waals surface area contributed by atoms with Crippen molar-refractivity contribution in [1.29, 1.82) is 0 Å². The predicted molar refractivity (Wildman–Crippen MR) is 64.3 cm³/mol. The van der Waals surface area contributed by atoms with Crippen LogP contribution in [-0.2, 0) is 6.42 Å². The van der Waals surface area contributed by atoms with Crippen molar-refractivity contribution in [3.63, 3.8) is 0 Å². The van der Waals surface area contributed by atoms with E-state index in [9.17, 15) is 13.2 Å². The Morgan fingerprint density at radius 2 is 1.56 bits per heavy atom. The van der Waals surface area contributed by atoms with Crippen molar-refractivity contribution < 1.29 is 17.9 Å². The lowest BCUT2D eigenvalue weighted by molar-refractivity contribution is -0.274. The van der Waals surface area contributed by atoms with Gasteiger partial charge in [-0.05, 0) is 37.0 Å². The first-order valence-corrected chi connectivity index (χ1v) is 5.91. The molecule has 0 aliphatic carbocycles. The molecule has 102 valence electrons. The van der Waals surface area contributed by atoms with Crippen LogP contribution in [0.2, 0.25) is 0 Å². The van der Waals surface area contributed by atoms with Crippen LogP contribution >= 0.6 is 0 Å². The van der Waals surface area contributed by atoms with E-state index in [1.807, 2.05) is 13.8 Å². The third-order valence-corrected chi connectivity index (χ3v) is 3.12. The van der Waals surface area contributed by atoms with Crippen molar-refractivity contribution >= 4 is 0 Å². The molecule has 18 heavy (non-hydrogen) atoms. The zero-order valence-electron chi connectivity index (χ0n) is 10.6. The van der Waals surface area contributed by atoms with Crippen molar-refractivity contribution in [3.8, 4) is 5.75 Å². The minimum atomic E-state index is -4.65. The van der Waals surface area contributed by atoms with Crippen molar-refractivity contribution in [2.75, 3.05) is 0 Å². The second-order valence-electron chi connectivity index (χ2n) is 4.44. The highest BCUT2D eigenvalue weighted by atomic mass is 19.4. The van der Waals surface area contributed by atoms with Crippen molar-refractivity contribution in [2.24, 2.45) is 5.73 Å². The van der Waals surface area contributed by atoms with Gasteiger partial charge in [-0.2, -0.15) is 0 Å². The van der Waals surface area contributed by atoms with Crippen LogP contribution in [0.15, 0.2) is 24.3 Å². The van der Waals surface area contributed by atoms with Crippen LogP contribution in [0.5, 0.6) is 5.75 Å². The van der Waals surface area contributed by atoms with Gasteiger partial charge in [0.25, 0.3) is 0 Å². The van der Waals surface area contributed by atoms with E-state index in [0.717, 1.165) is 18.4 Å². The van der Waals surface area contributed by atoms with Gasteiger partial charge < -0.3 is 10.5 Å². The largest absolute Gasteiger partial charge is 0.573 e. The minimum Gasteiger partial charge on any atom is -0.406 e. The standard InChI is InChI=1S/C13H18F3NO/c1-3-12(17,4-2)9-10-5-7-11(8-6-10)18-13(14,15)16/h5-8H,3-4,9,17H2,1-2H3. The highest BCUT2D eigenvalue weighted by Crippen LogP contribution is 2.24. The van der Waals surface area contributed by atoms with Gasteiger partial charge in [0.05, 0.1) is 0 Å². The Kier molecular flexibility index (Phi) is 4.62. The number of rotatable bonds is 5. The van der Waals surface area contributed by atoms with Crippen LogP contribution in [0.4, 0.5) is 13.2 Å². The van der Waals surface area contributed by atoms with Crippen LogP contribution in [0.1, 0.15) is 32.3 Å². The van der Waals surface area contributed by atoms with Crippen molar-refractivity contribution in [2.45, 2.75) is 45.0 Å². The summed E-state index contributed by atoms with van der Waals surface area (Å²) in [5.74, 6) is -0.207. The maximum Gasteiger partial charge on any atom is 0.573 e. The molecule has 1 rings (SSSR count). The van der Waals surface area contributed by atoms with Crippen LogP contribution < -0.4 is 10.5 Å². The molecule has 0 fully saturated rings. The number of hydrogen-bond donors (Lipinski definition) is 1. The molecule has 0 saturated heterocycles. The summed E-state index contributed by atoms with van der Waals surface area (Å²) < 4.78 is 39.7. The van der Waals surface area contributed by atoms with E-state index in [4.69, 9.17) is 5.73 Å². The van der Waals surface area contributed by atoms with Gasteiger partial charge in [0.15, 0.2) is 0 Å². The molecule has 2 nitrogen and oxygen atoms in total. The number of ether oxygens (including phenoxy) is 1. The Hall–Kier alpha value is -1.23. The molecule has 0 unspecified atom stereocenters. The maximum atomic E-state index is 12.0.